The number of fused-ring (bicyclic) bond motifs is 1. The third kappa shape index (κ3) is 33.1. The standard InChI is InChI=1S/C24H44N4O3.C13H18N2O4.C9H20N2O4.C5H10O3.CH2O2/c1-16(2)20(15-29)27-22(30)14-24(5,6)31-12-11-23(3,4)28(26)21-10-8-18-13-17(18)7-9-19(21)25;1-3-9-6-11(15-12(16)7-14-2)5-4-10(9)8-19-13(17)18;1-10-3-5-14-7-8-15-6-4-11-9(12)13-2;6-4-1-5(7)3-8-2-4;2-1-3/h15-18,20H,7-14,25-26H2,1-6H3,(H,27,30);4-6,14H,3,7-8H2,1-2H3,(H,15,16)(H,17,18);10H,3-8H2,1-2H3,(H,11,12);4-7H,1-3H2;1H,(H,2,3)/b21-19-;;;;. The van der Waals surface area contributed by atoms with E-state index in [-0.39, 0.29) is 49.3 Å². The van der Waals surface area contributed by atoms with Crippen LogP contribution in [0.3, 0.4) is 0 Å². The molecule has 3 aliphatic rings. The van der Waals surface area contributed by atoms with Crippen LogP contribution >= 0.6 is 0 Å². The van der Waals surface area contributed by atoms with Gasteiger partial charge in [-0.25, -0.2) is 15.4 Å². The number of nitrogens with two attached hydrogens (primary N) is 2. The van der Waals surface area contributed by atoms with Gasteiger partial charge < -0.3 is 91.0 Å². The van der Waals surface area contributed by atoms with E-state index in [0.29, 0.717) is 71.3 Å². The van der Waals surface area contributed by atoms with Crippen molar-refractivity contribution in [1.82, 2.24) is 26.3 Å². The number of aryl methyl sites for hydroxylation is 1. The van der Waals surface area contributed by atoms with E-state index in [4.69, 9.17) is 55.7 Å². The fourth-order valence-electron chi connectivity index (χ4n) is 7.62. The van der Waals surface area contributed by atoms with Gasteiger partial charge in [-0.05, 0) is 128 Å². The number of hydrazine groups is 1. The molecule has 0 bridgehead atoms. The Morgan fingerprint density at radius 1 is 0.882 bits per heavy atom. The predicted molar refractivity (Wildman–Crippen MR) is 287 cm³/mol. The summed E-state index contributed by atoms with van der Waals surface area (Å²) in [5, 5.41) is 48.6. The van der Waals surface area contributed by atoms with Crippen molar-refractivity contribution < 1.29 is 77.6 Å². The minimum absolute atomic E-state index is 0.0171. The molecule has 2 fully saturated rings. The molecule has 1 aliphatic heterocycles. The van der Waals surface area contributed by atoms with E-state index in [1.807, 2.05) is 52.7 Å². The van der Waals surface area contributed by atoms with Crippen molar-refractivity contribution in [2.24, 2.45) is 29.3 Å². The Bertz CT molecular complexity index is 1850. The zero-order valence-corrected chi connectivity index (χ0v) is 46.8. The van der Waals surface area contributed by atoms with Crippen molar-refractivity contribution in [2.75, 3.05) is 92.4 Å². The number of aliphatic hydroxyl groups is 2. The van der Waals surface area contributed by atoms with Crippen LogP contribution in [0.5, 0.6) is 0 Å². The summed E-state index contributed by atoms with van der Waals surface area (Å²) in [7, 11) is 4.90. The number of hydrogen-bond donors (Lipinski definition) is 11. The minimum atomic E-state index is -1.30. The van der Waals surface area contributed by atoms with Crippen LogP contribution in [0.15, 0.2) is 29.6 Å². The normalized spacial score (nSPS) is 19.1. The molecule has 24 nitrogen and oxygen atoms in total. The number of benzene rings is 1. The molecule has 5 unspecified atom stereocenters. The molecule has 1 aromatic rings. The van der Waals surface area contributed by atoms with Crippen LogP contribution in [0.25, 0.3) is 0 Å². The summed E-state index contributed by atoms with van der Waals surface area (Å²) in [4.78, 5) is 64.2. The second kappa shape index (κ2) is 40.1. The third-order valence-electron chi connectivity index (χ3n) is 12.2. The predicted octanol–water partition coefficient (Wildman–Crippen LogP) is 3.26. The highest BCUT2D eigenvalue weighted by molar-refractivity contribution is 5.92. The Hall–Kier alpha value is -5.18. The van der Waals surface area contributed by atoms with E-state index in [0.717, 1.165) is 66.5 Å². The molecule has 3 amide bonds. The molecule has 0 spiro atoms. The maximum Gasteiger partial charge on any atom is 0.506 e. The van der Waals surface area contributed by atoms with Gasteiger partial charge in [-0.3, -0.25) is 14.4 Å². The maximum absolute atomic E-state index is 12.3. The van der Waals surface area contributed by atoms with Gasteiger partial charge in [-0.15, -0.1) is 0 Å². The van der Waals surface area contributed by atoms with Gasteiger partial charge in [0.25, 0.3) is 6.47 Å². The smallest absolute Gasteiger partial charge is 0.483 e. The van der Waals surface area contributed by atoms with Crippen LogP contribution < -0.4 is 38.2 Å². The van der Waals surface area contributed by atoms with E-state index in [9.17, 15) is 24.0 Å². The fraction of sp³-hybridized carbons (Fsp3) is 0.731. The maximum atomic E-state index is 12.3. The van der Waals surface area contributed by atoms with E-state index in [2.05, 4.69) is 49.9 Å². The average molecular weight is 1090 g/mol. The van der Waals surface area contributed by atoms with Crippen LogP contribution in [-0.4, -0.2) is 179 Å². The first-order valence-electron chi connectivity index (χ1n) is 25.9. The third-order valence-corrected chi connectivity index (χ3v) is 12.2. The lowest BCUT2D eigenvalue weighted by molar-refractivity contribution is -0.130. The monoisotopic (exact) mass is 1090 g/mol. The lowest BCUT2D eigenvalue weighted by atomic mass is 9.95. The quantitative estimate of drug-likeness (QED) is 0.0208. The largest absolute Gasteiger partial charge is 0.506 e. The number of aliphatic hydroxyl groups excluding tert-OH is 2. The van der Waals surface area contributed by atoms with Crippen molar-refractivity contribution in [1.29, 1.82) is 0 Å². The number of anilines is 1. The number of carboxylic acid groups (broad SMARTS) is 2. The van der Waals surface area contributed by atoms with Gasteiger partial charge >= 0.3 is 12.2 Å². The van der Waals surface area contributed by atoms with Crippen molar-refractivity contribution in [2.45, 2.75) is 142 Å². The van der Waals surface area contributed by atoms with Crippen molar-refractivity contribution >= 4 is 42.5 Å². The summed E-state index contributed by atoms with van der Waals surface area (Å²) in [6.45, 7) is 18.5. The number of likely N-dealkylation sites (N-methyl/N-ethyl adjacent to an activating group) is 2. The van der Waals surface area contributed by atoms with Crippen LogP contribution in [0.2, 0.25) is 0 Å². The number of allylic oxidation sites excluding steroid dienone is 2. The van der Waals surface area contributed by atoms with Gasteiger partial charge in [0.1, 0.15) is 12.9 Å². The Balaban J connectivity index is 0.00000106. The van der Waals surface area contributed by atoms with Gasteiger partial charge in [-0.1, -0.05) is 26.8 Å². The van der Waals surface area contributed by atoms with E-state index in [1.165, 1.54) is 26.4 Å². The van der Waals surface area contributed by atoms with Gasteiger partial charge in [-0.2, -0.15) is 0 Å². The number of hydrogen-bond acceptors (Lipinski definition) is 19. The molecular formula is C52H94N8O16. The number of amides is 3. The zero-order valence-electron chi connectivity index (χ0n) is 46.8. The molecule has 13 N–H and O–H groups in total. The Kier molecular flexibility index (Phi) is 37.4. The van der Waals surface area contributed by atoms with Crippen LogP contribution in [0.1, 0.15) is 111 Å². The summed E-state index contributed by atoms with van der Waals surface area (Å²) >= 11 is 0. The Morgan fingerprint density at radius 2 is 1.49 bits per heavy atom. The topological polar surface area (TPSA) is 354 Å². The molecular weight excluding hydrogens is 993 g/mol. The second-order valence-corrected chi connectivity index (χ2v) is 19.9. The number of ether oxygens (including phenoxy) is 6. The van der Waals surface area contributed by atoms with Gasteiger partial charge in [0.15, 0.2) is 0 Å². The lowest BCUT2D eigenvalue weighted by Crippen LogP contribution is -2.50. The van der Waals surface area contributed by atoms with Crippen LogP contribution in [0.4, 0.5) is 15.3 Å². The highest BCUT2D eigenvalue weighted by Gasteiger charge is 2.39. The van der Waals surface area contributed by atoms with Crippen molar-refractivity contribution in [3.8, 4) is 0 Å². The van der Waals surface area contributed by atoms with E-state index >= 15 is 0 Å². The molecule has 0 aromatic heterocycles. The molecule has 1 aromatic carbocycles. The number of aldehydes is 1. The first-order chi connectivity index (χ1) is 35.9. The minimum Gasteiger partial charge on any atom is -0.483 e. The zero-order chi connectivity index (χ0) is 57.7. The van der Waals surface area contributed by atoms with Gasteiger partial charge in [0, 0.05) is 43.2 Å². The molecule has 1 saturated carbocycles. The lowest BCUT2D eigenvalue weighted by Gasteiger charge is -2.40. The van der Waals surface area contributed by atoms with E-state index in [1.54, 1.807) is 19.2 Å². The highest BCUT2D eigenvalue weighted by atomic mass is 16.7. The molecule has 438 valence electrons. The molecule has 76 heavy (non-hydrogen) atoms. The number of rotatable bonds is 26. The molecule has 0 radical (unpaired) electrons. The summed E-state index contributed by atoms with van der Waals surface area (Å²) < 4.78 is 30.2. The van der Waals surface area contributed by atoms with Crippen LogP contribution in [-0.2, 0) is 60.6 Å². The summed E-state index contributed by atoms with van der Waals surface area (Å²) in [6, 6.07) is 4.85. The molecule has 2 aliphatic carbocycles. The number of carbonyl (C=O) groups excluding carboxylic acids is 4. The summed E-state index contributed by atoms with van der Waals surface area (Å²) in [5.74, 6) is 8.04. The Labute approximate surface area is 450 Å². The Morgan fingerprint density at radius 3 is 2.00 bits per heavy atom. The summed E-state index contributed by atoms with van der Waals surface area (Å²) in [6.07, 6.45) is 5.77. The number of methoxy groups -OCH3 is 1. The first-order valence-corrected chi connectivity index (χ1v) is 25.9. The SMILES string of the molecule is CC(C)C(C=O)NC(=O)CC(C)(C)OCCC(C)(C)N(N)/C1=C(\N)CCC2CC2CC1.CCc1cc(NC(=O)CNC)ccc1COC(=O)O.CNCCOCCOCCNC(=O)OC.O=CO.OC1COCC(O)C1. The van der Waals surface area contributed by atoms with Crippen molar-refractivity contribution in [3.05, 3.63) is 40.7 Å². The fourth-order valence-corrected chi connectivity index (χ4v) is 7.62. The van der Waals surface area contributed by atoms with Gasteiger partial charge in [0.2, 0.25) is 11.8 Å². The number of nitrogens with zero attached hydrogens (tertiary/aromatic N) is 1. The average Bonchev–Trinajstić information content (AvgIpc) is 4.10. The first kappa shape index (κ1) is 70.8. The number of nitrogens with one attached hydrogen (secondary N) is 5. The number of carbonyl (C=O) groups is 6. The molecule has 5 atom stereocenters. The summed E-state index contributed by atoms with van der Waals surface area (Å²) in [5.41, 5.74) is 9.89. The van der Waals surface area contributed by atoms with Gasteiger partial charge in [0.05, 0.1) is 89.1 Å². The molecule has 4 rings (SSSR count). The number of alkyl carbamates (subject to hydrolysis) is 1. The molecule has 1 heterocycles. The van der Waals surface area contributed by atoms with E-state index < -0.39 is 36.1 Å². The second-order valence-electron chi connectivity index (χ2n) is 19.9. The van der Waals surface area contributed by atoms with Crippen LogP contribution in [0, 0.1) is 17.8 Å². The highest BCUT2D eigenvalue weighted by Crippen LogP contribution is 2.48. The van der Waals surface area contributed by atoms with Crippen molar-refractivity contribution in [3.63, 3.8) is 0 Å². The molecule has 1 saturated heterocycles. The molecule has 24 heteroatoms.